The van der Waals surface area contributed by atoms with Gasteiger partial charge in [-0.1, -0.05) is 72.8 Å². The van der Waals surface area contributed by atoms with E-state index >= 15 is 0 Å². The molecule has 7 aromatic carbocycles. The molecule has 0 aliphatic heterocycles. The van der Waals surface area contributed by atoms with Crippen LogP contribution in [-0.2, 0) is 12.8 Å². The Morgan fingerprint density at radius 1 is 0.246 bits per heavy atom. The summed E-state index contributed by atoms with van der Waals surface area (Å²) >= 11 is 0. The molecule has 1 aromatic heterocycles. The maximum atomic E-state index is 12.1. The Labute approximate surface area is 363 Å². The predicted molar refractivity (Wildman–Crippen MR) is 228 cm³/mol. The quantitative estimate of drug-likeness (QED) is 0.0615. The fourth-order valence-corrected chi connectivity index (χ4v) is 8.74. The van der Waals surface area contributed by atoms with Crippen molar-refractivity contribution in [2.45, 2.75) is 12.8 Å². The summed E-state index contributed by atoms with van der Waals surface area (Å²) in [7, 11) is 0. The molecule has 0 atom stereocenters. The van der Waals surface area contributed by atoms with E-state index in [1.54, 1.807) is 30.3 Å². The molecule has 0 unspecified atom stereocenters. The van der Waals surface area contributed by atoms with E-state index in [9.17, 15) is 76.6 Å². The number of rotatable bonds is 5. The third-order valence-electron chi connectivity index (χ3n) is 11.9. The van der Waals surface area contributed by atoms with Crippen LogP contribution in [0.1, 0.15) is 22.3 Å². The zero-order chi connectivity index (χ0) is 46.1. The van der Waals surface area contributed by atoms with Gasteiger partial charge in [-0.15, -0.1) is 0 Å². The topological polar surface area (TPSA) is 342 Å². The molecule has 324 valence electrons. The van der Waals surface area contributed by atoms with Crippen molar-refractivity contribution in [2.75, 3.05) is 0 Å². The first kappa shape index (κ1) is 39.7. The molecule has 0 fully saturated rings. The van der Waals surface area contributed by atoms with Crippen LogP contribution >= 0.6 is 0 Å². The van der Waals surface area contributed by atoms with Crippen LogP contribution in [0.3, 0.4) is 0 Å². The second kappa shape index (κ2) is 13.8. The van der Waals surface area contributed by atoms with E-state index < -0.39 is 126 Å². The molecule has 0 saturated heterocycles. The highest BCUT2D eigenvalue weighted by molar-refractivity contribution is 6.03. The fourth-order valence-electron chi connectivity index (χ4n) is 8.74. The van der Waals surface area contributed by atoms with Crippen LogP contribution in [0.2, 0.25) is 0 Å². The maximum absolute atomic E-state index is 12.1. The van der Waals surface area contributed by atoms with Gasteiger partial charge in [0.1, 0.15) is 17.1 Å². The molecule has 0 spiro atoms. The lowest BCUT2D eigenvalue weighted by atomic mass is 9.92. The molecule has 18 nitrogen and oxygen atoms in total. The number of phenols is 15. The van der Waals surface area contributed by atoms with Crippen molar-refractivity contribution in [1.29, 1.82) is 0 Å². The second-order valence-corrected chi connectivity index (χ2v) is 15.3. The number of aromatic nitrogens is 3. The van der Waals surface area contributed by atoms with Gasteiger partial charge in [-0.05, 0) is 22.3 Å². The summed E-state index contributed by atoms with van der Waals surface area (Å²) in [4.78, 5) is 14.0. The van der Waals surface area contributed by atoms with Crippen LogP contribution in [0.15, 0.2) is 72.8 Å². The molecule has 10 rings (SSSR count). The van der Waals surface area contributed by atoms with Crippen molar-refractivity contribution in [3.05, 3.63) is 95.1 Å². The van der Waals surface area contributed by atoms with Gasteiger partial charge in [0.05, 0.1) is 11.1 Å². The smallest absolute Gasteiger partial charge is 0.208 e. The van der Waals surface area contributed by atoms with Gasteiger partial charge in [0.15, 0.2) is 63.5 Å². The molecule has 2 aliphatic carbocycles. The van der Waals surface area contributed by atoms with E-state index in [0.717, 1.165) is 11.1 Å². The largest absolute Gasteiger partial charge is 0.507 e. The summed E-state index contributed by atoms with van der Waals surface area (Å²) < 4.78 is 0. The van der Waals surface area contributed by atoms with Gasteiger partial charge in [-0.2, -0.15) is 0 Å². The highest BCUT2D eigenvalue weighted by atomic mass is 16.4. The Balaban J connectivity index is 1.19. The summed E-state index contributed by atoms with van der Waals surface area (Å²) in [5.41, 5.74) is -0.839. The number of phenolic OH excluding ortho intramolecular Hbond substituents is 15. The Bertz CT molecular complexity index is 3400. The maximum Gasteiger partial charge on any atom is 0.208 e. The molecule has 0 radical (unpaired) electrons. The van der Waals surface area contributed by atoms with E-state index in [1.165, 1.54) is 0 Å². The molecule has 1 heterocycles. The van der Waals surface area contributed by atoms with Gasteiger partial charge in [0.2, 0.25) is 28.7 Å². The van der Waals surface area contributed by atoms with E-state index in [1.807, 2.05) is 42.5 Å². The first-order chi connectivity index (χ1) is 31.0. The highest BCUT2D eigenvalue weighted by Gasteiger charge is 2.40. The summed E-state index contributed by atoms with van der Waals surface area (Å²) in [6.45, 7) is 0. The minimum atomic E-state index is -1.37. The van der Waals surface area contributed by atoms with Gasteiger partial charge in [0, 0.05) is 57.3 Å². The summed E-state index contributed by atoms with van der Waals surface area (Å²) in [6.07, 6.45) is -0.636. The molecule has 18 heteroatoms. The summed E-state index contributed by atoms with van der Waals surface area (Å²) in [5.74, 6) is -16.7. The normalized spacial score (nSPS) is 12.2. The average Bonchev–Trinajstić information content (AvgIpc) is 3.92. The number of nitrogens with zero attached hydrogens (tertiary/aromatic N) is 3. The summed E-state index contributed by atoms with van der Waals surface area (Å²) in [5, 5.41) is 164. The first-order valence-electron chi connectivity index (χ1n) is 19.3. The van der Waals surface area contributed by atoms with Crippen LogP contribution in [0, 0.1) is 0 Å². The van der Waals surface area contributed by atoms with Gasteiger partial charge in [0.25, 0.3) is 0 Å². The van der Waals surface area contributed by atoms with Crippen LogP contribution < -0.4 is 0 Å². The van der Waals surface area contributed by atoms with Gasteiger partial charge >= 0.3 is 0 Å². The minimum absolute atomic E-state index is 0.00865. The number of hydrogen-bond acceptors (Lipinski definition) is 18. The SMILES string of the molecule is Oc1c(O)c(O)c(-c2c(O)c(O)c3c(c2O)-c2c(O)c(O)c(-c4nc(-c5ccc(-c6ccccc6)cc5)nc(-c5cccc6c5Cc5c(O)c(O)c(O)c(O)c5-6)n4)c(O)c2C3)c(O)c1O. The van der Waals surface area contributed by atoms with E-state index in [4.69, 9.17) is 4.98 Å². The molecule has 0 saturated carbocycles. The van der Waals surface area contributed by atoms with Crippen molar-refractivity contribution >= 4 is 0 Å². The monoisotopic (exact) mass is 877 g/mol. The Kier molecular flexibility index (Phi) is 8.41. The van der Waals surface area contributed by atoms with Gasteiger partial charge in [-0.25, -0.2) is 15.0 Å². The van der Waals surface area contributed by atoms with Crippen molar-refractivity contribution in [1.82, 2.24) is 15.0 Å². The van der Waals surface area contributed by atoms with Crippen LogP contribution in [0.4, 0.5) is 0 Å². The van der Waals surface area contributed by atoms with Crippen LogP contribution in [0.5, 0.6) is 86.2 Å². The Morgan fingerprint density at radius 3 is 1.31 bits per heavy atom. The molecule has 0 bridgehead atoms. The Morgan fingerprint density at radius 2 is 0.646 bits per heavy atom. The van der Waals surface area contributed by atoms with Crippen molar-refractivity contribution < 1.29 is 76.6 Å². The van der Waals surface area contributed by atoms with E-state index in [-0.39, 0.29) is 45.9 Å². The fraction of sp³-hybridized carbons (Fsp3) is 0.0426. The second-order valence-electron chi connectivity index (χ2n) is 15.3. The van der Waals surface area contributed by atoms with Crippen molar-refractivity contribution in [3.8, 4) is 165 Å². The predicted octanol–water partition coefficient (Wildman–Crippen LogP) is 6.93. The Hall–Kier alpha value is -9.45. The lowest BCUT2D eigenvalue weighted by Crippen LogP contribution is -2.03. The molecule has 15 N–H and O–H groups in total. The summed E-state index contributed by atoms with van der Waals surface area (Å²) in [6, 6.07) is 21.3. The van der Waals surface area contributed by atoms with Crippen molar-refractivity contribution in [2.24, 2.45) is 0 Å². The van der Waals surface area contributed by atoms with Gasteiger partial charge < -0.3 is 76.6 Å². The number of hydrogen-bond donors (Lipinski definition) is 15. The zero-order valence-electron chi connectivity index (χ0n) is 32.9. The standard InChI is InChI=1S/C47H31N3O15/c51-30-22-14-23-25(33(54)27(36(57)31(23)52)28-37(58)42(63)44(65)43(64)38(28)59)26(22)35(56)39(60)29(30)47-49-45(17-11-9-16(10-12-17)15-5-2-1-3-6-15)48-46(50-47)19-8-4-7-18-20(19)13-21-24(18)34(55)41(62)40(61)32(21)53/h1-12,51-65H,13-14H2. The molecule has 2 aliphatic rings. The molecular formula is C47H31N3O15. The number of aromatic hydroxyl groups is 15. The van der Waals surface area contributed by atoms with Crippen LogP contribution in [0.25, 0.3) is 78.7 Å². The minimum Gasteiger partial charge on any atom is -0.507 e. The number of fused-ring (bicyclic) bond motifs is 6. The van der Waals surface area contributed by atoms with Crippen LogP contribution in [-0.4, -0.2) is 91.5 Å². The van der Waals surface area contributed by atoms with Crippen molar-refractivity contribution in [3.63, 3.8) is 0 Å². The molecule has 8 aromatic rings. The van der Waals surface area contributed by atoms with E-state index in [2.05, 4.69) is 9.97 Å². The molecular weight excluding hydrogens is 847 g/mol. The lowest BCUT2D eigenvalue weighted by Gasteiger charge is -2.19. The molecule has 0 amide bonds. The highest BCUT2D eigenvalue weighted by Crippen LogP contribution is 2.66. The number of benzene rings is 7. The van der Waals surface area contributed by atoms with Gasteiger partial charge in [-0.3, -0.25) is 0 Å². The lowest BCUT2D eigenvalue weighted by molar-refractivity contribution is 0.329. The molecule has 65 heavy (non-hydrogen) atoms. The van der Waals surface area contributed by atoms with E-state index in [0.29, 0.717) is 16.7 Å². The average molecular weight is 878 g/mol. The first-order valence-corrected chi connectivity index (χ1v) is 19.3. The zero-order valence-corrected chi connectivity index (χ0v) is 32.9. The third kappa shape index (κ3) is 5.43. The third-order valence-corrected chi connectivity index (χ3v) is 11.9.